The van der Waals surface area contributed by atoms with Crippen molar-refractivity contribution in [3.63, 3.8) is 0 Å². The molecule has 1 aliphatic carbocycles. The summed E-state index contributed by atoms with van der Waals surface area (Å²) in [6.07, 6.45) is 3.74. The highest BCUT2D eigenvalue weighted by molar-refractivity contribution is 9.10. The predicted octanol–water partition coefficient (Wildman–Crippen LogP) is 3.32. The molecule has 0 saturated heterocycles. The number of halogens is 2. The highest BCUT2D eigenvalue weighted by atomic mass is 79.9. The summed E-state index contributed by atoms with van der Waals surface area (Å²) in [5.41, 5.74) is 6.30. The Kier molecular flexibility index (Phi) is 5.16. The summed E-state index contributed by atoms with van der Waals surface area (Å²) in [7, 11) is 0. The van der Waals surface area contributed by atoms with Crippen LogP contribution in [0.3, 0.4) is 0 Å². The number of hydrogen-bond donors (Lipinski definition) is 1. The Balaban J connectivity index is 2.19. The van der Waals surface area contributed by atoms with Crippen molar-refractivity contribution in [1.82, 2.24) is 4.90 Å². The maximum absolute atomic E-state index is 13.6. The first-order valence-corrected chi connectivity index (χ1v) is 7.84. The zero-order valence-electron chi connectivity index (χ0n) is 11.6. The Morgan fingerprint density at radius 2 is 2.05 bits per heavy atom. The molecule has 110 valence electrons. The third kappa shape index (κ3) is 3.20. The van der Waals surface area contributed by atoms with Crippen molar-refractivity contribution in [1.29, 1.82) is 0 Å². The SMILES string of the molecule is CCN(C(=O)c1cccc(F)c1Br)C1CCC(N)CC1. The monoisotopic (exact) mass is 342 g/mol. The summed E-state index contributed by atoms with van der Waals surface area (Å²) < 4.78 is 13.8. The molecule has 0 atom stereocenters. The first-order valence-electron chi connectivity index (χ1n) is 7.05. The van der Waals surface area contributed by atoms with Crippen molar-refractivity contribution in [3.8, 4) is 0 Å². The first kappa shape index (κ1) is 15.4. The van der Waals surface area contributed by atoms with Crippen molar-refractivity contribution in [2.75, 3.05) is 6.54 Å². The molecule has 1 amide bonds. The number of carbonyl (C=O) groups excluding carboxylic acids is 1. The van der Waals surface area contributed by atoms with Crippen LogP contribution in [-0.2, 0) is 0 Å². The molecule has 1 fully saturated rings. The van der Waals surface area contributed by atoms with Gasteiger partial charge in [-0.25, -0.2) is 4.39 Å². The molecule has 20 heavy (non-hydrogen) atoms. The first-order chi connectivity index (χ1) is 9.54. The lowest BCUT2D eigenvalue weighted by Crippen LogP contribution is -2.44. The maximum atomic E-state index is 13.6. The van der Waals surface area contributed by atoms with E-state index in [0.29, 0.717) is 12.1 Å². The Hall–Kier alpha value is -0.940. The van der Waals surface area contributed by atoms with E-state index in [9.17, 15) is 9.18 Å². The molecule has 2 rings (SSSR count). The molecule has 5 heteroatoms. The second-order valence-corrected chi connectivity index (χ2v) is 6.05. The molecule has 1 aromatic carbocycles. The highest BCUT2D eigenvalue weighted by Gasteiger charge is 2.28. The van der Waals surface area contributed by atoms with Gasteiger partial charge in [-0.3, -0.25) is 4.79 Å². The average molecular weight is 343 g/mol. The molecule has 2 N–H and O–H groups in total. The van der Waals surface area contributed by atoms with Gasteiger partial charge in [0.15, 0.2) is 0 Å². The van der Waals surface area contributed by atoms with Crippen molar-refractivity contribution in [3.05, 3.63) is 34.1 Å². The summed E-state index contributed by atoms with van der Waals surface area (Å²) in [5, 5.41) is 0. The van der Waals surface area contributed by atoms with Crippen LogP contribution in [0.5, 0.6) is 0 Å². The van der Waals surface area contributed by atoms with Crippen LogP contribution < -0.4 is 5.73 Å². The van der Waals surface area contributed by atoms with Crippen molar-refractivity contribution < 1.29 is 9.18 Å². The second kappa shape index (κ2) is 6.68. The van der Waals surface area contributed by atoms with Crippen molar-refractivity contribution in [2.45, 2.75) is 44.7 Å². The van der Waals surface area contributed by atoms with Gasteiger partial charge in [0, 0.05) is 18.6 Å². The molecule has 0 aliphatic heterocycles. The molecule has 3 nitrogen and oxygen atoms in total. The van der Waals surface area contributed by atoms with E-state index in [2.05, 4.69) is 15.9 Å². The summed E-state index contributed by atoms with van der Waals surface area (Å²) in [6.45, 7) is 2.58. The molecule has 0 heterocycles. The van der Waals surface area contributed by atoms with Gasteiger partial charge >= 0.3 is 0 Å². The molecule has 1 saturated carbocycles. The van der Waals surface area contributed by atoms with Gasteiger partial charge in [-0.05, 0) is 60.7 Å². The molecule has 0 unspecified atom stereocenters. The van der Waals surface area contributed by atoms with Crippen LogP contribution in [0.4, 0.5) is 4.39 Å². The maximum Gasteiger partial charge on any atom is 0.255 e. The van der Waals surface area contributed by atoms with Crippen molar-refractivity contribution in [2.24, 2.45) is 5.73 Å². The number of carbonyl (C=O) groups is 1. The van der Waals surface area contributed by atoms with Gasteiger partial charge in [-0.15, -0.1) is 0 Å². The standard InChI is InChI=1S/C15H20BrFN2O/c1-2-19(11-8-6-10(18)7-9-11)15(20)12-4-3-5-13(17)14(12)16/h3-5,10-11H,2,6-9,18H2,1H3. The van der Waals surface area contributed by atoms with E-state index in [1.54, 1.807) is 12.1 Å². The number of rotatable bonds is 3. The lowest BCUT2D eigenvalue weighted by molar-refractivity contribution is 0.0639. The van der Waals surface area contributed by atoms with Gasteiger partial charge in [-0.1, -0.05) is 6.07 Å². The van der Waals surface area contributed by atoms with Gasteiger partial charge in [0.2, 0.25) is 0 Å². The van der Waals surface area contributed by atoms with Crippen LogP contribution in [0.15, 0.2) is 22.7 Å². The third-order valence-electron chi connectivity index (χ3n) is 3.97. The van der Waals surface area contributed by atoms with Gasteiger partial charge in [0.1, 0.15) is 5.82 Å². The van der Waals surface area contributed by atoms with Crippen LogP contribution in [0.25, 0.3) is 0 Å². The Morgan fingerprint density at radius 3 is 2.65 bits per heavy atom. The molecule has 1 aromatic rings. The summed E-state index contributed by atoms with van der Waals surface area (Å²) >= 11 is 3.17. The van der Waals surface area contributed by atoms with Gasteiger partial charge in [0.25, 0.3) is 5.91 Å². The van der Waals surface area contributed by atoms with Crippen LogP contribution in [0.1, 0.15) is 43.0 Å². The van der Waals surface area contributed by atoms with E-state index in [4.69, 9.17) is 5.73 Å². The molecular formula is C15H20BrFN2O. The topological polar surface area (TPSA) is 46.3 Å². The smallest absolute Gasteiger partial charge is 0.255 e. The fraction of sp³-hybridized carbons (Fsp3) is 0.533. The Bertz CT molecular complexity index is 487. The van der Waals surface area contributed by atoms with Crippen molar-refractivity contribution >= 4 is 21.8 Å². The van der Waals surface area contributed by atoms with Crippen LogP contribution >= 0.6 is 15.9 Å². The second-order valence-electron chi connectivity index (χ2n) is 5.26. The lowest BCUT2D eigenvalue weighted by atomic mass is 9.90. The quantitative estimate of drug-likeness (QED) is 0.915. The molecule has 1 aliphatic rings. The molecular weight excluding hydrogens is 323 g/mol. The van der Waals surface area contributed by atoms with E-state index in [0.717, 1.165) is 25.7 Å². The van der Waals surface area contributed by atoms with Gasteiger partial charge < -0.3 is 10.6 Å². The minimum atomic E-state index is -0.405. The van der Waals surface area contributed by atoms with E-state index in [1.807, 2.05) is 11.8 Å². The molecule has 0 spiro atoms. The number of nitrogens with two attached hydrogens (primary N) is 1. The Morgan fingerprint density at radius 1 is 1.40 bits per heavy atom. The number of amides is 1. The van der Waals surface area contributed by atoms with E-state index >= 15 is 0 Å². The molecule has 0 bridgehead atoms. The minimum absolute atomic E-state index is 0.112. The average Bonchev–Trinajstić information content (AvgIpc) is 2.44. The summed E-state index contributed by atoms with van der Waals surface area (Å²) in [4.78, 5) is 14.5. The highest BCUT2D eigenvalue weighted by Crippen LogP contribution is 2.26. The largest absolute Gasteiger partial charge is 0.336 e. The Labute approximate surface area is 127 Å². The van der Waals surface area contributed by atoms with Crippen LogP contribution in [0, 0.1) is 5.82 Å². The number of benzene rings is 1. The zero-order chi connectivity index (χ0) is 14.7. The van der Waals surface area contributed by atoms with E-state index < -0.39 is 5.82 Å². The summed E-state index contributed by atoms with van der Waals surface area (Å²) in [6, 6.07) is 5.03. The van der Waals surface area contributed by atoms with Gasteiger partial charge in [0.05, 0.1) is 10.0 Å². The fourth-order valence-corrected chi connectivity index (χ4v) is 3.24. The van der Waals surface area contributed by atoms with Crippen LogP contribution in [-0.4, -0.2) is 29.4 Å². The normalized spacial score (nSPS) is 22.6. The predicted molar refractivity (Wildman–Crippen MR) is 81.0 cm³/mol. The molecule has 0 aromatic heterocycles. The number of nitrogens with zero attached hydrogens (tertiary/aromatic N) is 1. The fourth-order valence-electron chi connectivity index (χ4n) is 2.80. The lowest BCUT2D eigenvalue weighted by Gasteiger charge is -2.35. The minimum Gasteiger partial charge on any atom is -0.336 e. The van der Waals surface area contributed by atoms with E-state index in [-0.39, 0.29) is 22.5 Å². The van der Waals surface area contributed by atoms with E-state index in [1.165, 1.54) is 6.07 Å². The zero-order valence-corrected chi connectivity index (χ0v) is 13.2. The summed E-state index contributed by atoms with van der Waals surface area (Å²) in [5.74, 6) is -0.517. The van der Waals surface area contributed by atoms with Crippen LogP contribution in [0.2, 0.25) is 0 Å². The third-order valence-corrected chi connectivity index (χ3v) is 4.77. The van der Waals surface area contributed by atoms with Gasteiger partial charge in [-0.2, -0.15) is 0 Å². The molecule has 0 radical (unpaired) electrons. The number of hydrogen-bond acceptors (Lipinski definition) is 2.